The number of piperidine rings is 1. The number of methoxy groups -OCH3 is 1. The van der Waals surface area contributed by atoms with Crippen LogP contribution in [-0.4, -0.2) is 47.9 Å². The third-order valence-electron chi connectivity index (χ3n) is 5.69. The predicted molar refractivity (Wildman–Crippen MR) is 116 cm³/mol. The molecule has 0 radical (unpaired) electrons. The number of carbonyl (C=O) groups is 2. The first-order chi connectivity index (χ1) is 14.9. The summed E-state index contributed by atoms with van der Waals surface area (Å²) in [5.74, 6) is -0.306. The van der Waals surface area contributed by atoms with Gasteiger partial charge in [-0.1, -0.05) is 37.3 Å². The van der Waals surface area contributed by atoms with Crippen molar-refractivity contribution < 1.29 is 19.2 Å². The number of ether oxygens (including phenoxy) is 1. The third-order valence-corrected chi connectivity index (χ3v) is 5.69. The van der Waals surface area contributed by atoms with Crippen LogP contribution in [0.15, 0.2) is 48.5 Å². The quantitative estimate of drug-likeness (QED) is 0.540. The first-order valence-electron chi connectivity index (χ1n) is 10.4. The van der Waals surface area contributed by atoms with Crippen molar-refractivity contribution in [3.63, 3.8) is 0 Å². The van der Waals surface area contributed by atoms with Gasteiger partial charge in [-0.2, -0.15) is 0 Å². The zero-order valence-corrected chi connectivity index (χ0v) is 17.7. The molecule has 1 saturated heterocycles. The Kier molecular flexibility index (Phi) is 7.23. The zero-order valence-electron chi connectivity index (χ0n) is 17.7. The fourth-order valence-electron chi connectivity index (χ4n) is 3.95. The number of nitrogens with one attached hydrogen (secondary N) is 1. The molecular weight excluding hydrogens is 398 g/mol. The number of nitrogens with zero attached hydrogens (tertiary/aromatic N) is 2. The van der Waals surface area contributed by atoms with E-state index in [0.717, 1.165) is 12.0 Å². The highest BCUT2D eigenvalue weighted by molar-refractivity contribution is 5.95. The standard InChI is InChI=1S/C23H27N3O5/c1-3-19(16-7-5-4-6-8-16)23(28)25-13-11-18(12-14-25)24-22(27)17-9-10-21(31-2)20(15-17)26(29)30/h4-10,15,18-19H,3,11-14H2,1-2H3,(H,24,27). The van der Waals surface area contributed by atoms with Crippen LogP contribution in [0, 0.1) is 10.1 Å². The Bertz CT molecular complexity index is 939. The molecule has 0 saturated carbocycles. The highest BCUT2D eigenvalue weighted by atomic mass is 16.6. The Hall–Kier alpha value is -3.42. The lowest BCUT2D eigenvalue weighted by atomic mass is 9.93. The maximum absolute atomic E-state index is 13.0. The van der Waals surface area contributed by atoms with Gasteiger partial charge in [0.05, 0.1) is 18.0 Å². The topological polar surface area (TPSA) is 102 Å². The van der Waals surface area contributed by atoms with Crippen molar-refractivity contribution in [3.8, 4) is 5.75 Å². The molecule has 0 aliphatic carbocycles. The lowest BCUT2D eigenvalue weighted by Crippen LogP contribution is -2.47. The molecule has 164 valence electrons. The van der Waals surface area contributed by atoms with E-state index in [4.69, 9.17) is 4.74 Å². The molecule has 8 nitrogen and oxygen atoms in total. The Balaban J connectivity index is 1.59. The molecule has 31 heavy (non-hydrogen) atoms. The molecule has 1 N–H and O–H groups in total. The molecule has 1 atom stereocenters. The summed E-state index contributed by atoms with van der Waals surface area (Å²) in [6.45, 7) is 3.14. The van der Waals surface area contributed by atoms with Crippen LogP contribution in [0.2, 0.25) is 0 Å². The van der Waals surface area contributed by atoms with E-state index in [-0.39, 0.29) is 40.8 Å². The van der Waals surface area contributed by atoms with E-state index in [9.17, 15) is 19.7 Å². The number of hydrogen-bond acceptors (Lipinski definition) is 5. The summed E-state index contributed by atoms with van der Waals surface area (Å²) >= 11 is 0. The molecule has 0 aromatic heterocycles. The number of benzene rings is 2. The smallest absolute Gasteiger partial charge is 0.311 e. The third kappa shape index (κ3) is 5.20. The van der Waals surface area contributed by atoms with Crippen molar-refractivity contribution in [1.29, 1.82) is 0 Å². The van der Waals surface area contributed by atoms with Gasteiger partial charge in [0.15, 0.2) is 5.75 Å². The first-order valence-corrected chi connectivity index (χ1v) is 10.4. The van der Waals surface area contributed by atoms with Crippen molar-refractivity contribution in [1.82, 2.24) is 10.2 Å². The second-order valence-electron chi connectivity index (χ2n) is 7.59. The zero-order chi connectivity index (χ0) is 22.4. The molecule has 2 aromatic carbocycles. The Labute approximate surface area is 181 Å². The molecule has 0 bridgehead atoms. The van der Waals surface area contributed by atoms with Crippen LogP contribution < -0.4 is 10.1 Å². The van der Waals surface area contributed by atoms with E-state index in [2.05, 4.69) is 5.32 Å². The number of nitro benzene ring substituents is 1. The minimum absolute atomic E-state index is 0.0884. The average Bonchev–Trinajstić information content (AvgIpc) is 2.80. The van der Waals surface area contributed by atoms with Crippen molar-refractivity contribution in [2.45, 2.75) is 38.1 Å². The maximum Gasteiger partial charge on any atom is 0.311 e. The molecule has 1 aliphatic heterocycles. The Morgan fingerprint density at radius 2 is 1.87 bits per heavy atom. The average molecular weight is 425 g/mol. The number of likely N-dealkylation sites (tertiary alicyclic amines) is 1. The largest absolute Gasteiger partial charge is 0.490 e. The summed E-state index contributed by atoms with van der Waals surface area (Å²) in [4.78, 5) is 38.1. The summed E-state index contributed by atoms with van der Waals surface area (Å²) in [6, 6.07) is 13.8. The van der Waals surface area contributed by atoms with Gasteiger partial charge in [0, 0.05) is 30.8 Å². The fraction of sp³-hybridized carbons (Fsp3) is 0.391. The van der Waals surface area contributed by atoms with Gasteiger partial charge in [-0.3, -0.25) is 19.7 Å². The lowest BCUT2D eigenvalue weighted by Gasteiger charge is -2.34. The highest BCUT2D eigenvalue weighted by Gasteiger charge is 2.29. The van der Waals surface area contributed by atoms with Crippen molar-refractivity contribution >= 4 is 17.5 Å². The number of nitro groups is 1. The van der Waals surface area contributed by atoms with E-state index in [1.54, 1.807) is 0 Å². The minimum atomic E-state index is -0.573. The molecule has 1 fully saturated rings. The number of amides is 2. The van der Waals surface area contributed by atoms with E-state index in [1.165, 1.54) is 25.3 Å². The summed E-state index contributed by atoms with van der Waals surface area (Å²) < 4.78 is 4.98. The van der Waals surface area contributed by atoms with Crippen molar-refractivity contribution in [3.05, 3.63) is 69.8 Å². The highest BCUT2D eigenvalue weighted by Crippen LogP contribution is 2.28. The summed E-state index contributed by atoms with van der Waals surface area (Å²) in [7, 11) is 1.35. The van der Waals surface area contributed by atoms with Crippen molar-refractivity contribution in [2.75, 3.05) is 20.2 Å². The molecule has 8 heteroatoms. The summed E-state index contributed by atoms with van der Waals surface area (Å²) in [6.07, 6.45) is 2.01. The number of hydrogen-bond donors (Lipinski definition) is 1. The van der Waals surface area contributed by atoms with E-state index < -0.39 is 4.92 Å². The van der Waals surface area contributed by atoms with Gasteiger partial charge in [-0.15, -0.1) is 0 Å². The number of carbonyl (C=O) groups excluding carboxylic acids is 2. The molecular formula is C23H27N3O5. The van der Waals surface area contributed by atoms with Crippen LogP contribution in [0.4, 0.5) is 5.69 Å². The molecule has 3 rings (SSSR count). The van der Waals surface area contributed by atoms with Crippen LogP contribution in [0.1, 0.15) is 48.0 Å². The van der Waals surface area contributed by atoms with Crippen LogP contribution in [0.5, 0.6) is 5.75 Å². The van der Waals surface area contributed by atoms with Gasteiger partial charge in [0.25, 0.3) is 5.91 Å². The minimum Gasteiger partial charge on any atom is -0.490 e. The summed E-state index contributed by atoms with van der Waals surface area (Å²) in [5.41, 5.74) is 0.981. The fourth-order valence-corrected chi connectivity index (χ4v) is 3.95. The Morgan fingerprint density at radius 3 is 2.45 bits per heavy atom. The van der Waals surface area contributed by atoms with Crippen molar-refractivity contribution in [2.24, 2.45) is 0 Å². The summed E-state index contributed by atoms with van der Waals surface area (Å²) in [5, 5.41) is 14.1. The van der Waals surface area contributed by atoms with Gasteiger partial charge in [0.1, 0.15) is 0 Å². The normalized spacial score (nSPS) is 15.2. The monoisotopic (exact) mass is 425 g/mol. The SMILES string of the molecule is CCC(C(=O)N1CCC(NC(=O)c2ccc(OC)c([N+](=O)[O-])c2)CC1)c1ccccc1. The second kappa shape index (κ2) is 10.1. The van der Waals surface area contributed by atoms with Crippen LogP contribution >= 0.6 is 0 Å². The van der Waals surface area contributed by atoms with Gasteiger partial charge >= 0.3 is 5.69 Å². The molecule has 0 spiro atoms. The predicted octanol–water partition coefficient (Wildman–Crippen LogP) is 3.52. The van der Waals surface area contributed by atoms with E-state index in [0.29, 0.717) is 25.9 Å². The molecule has 1 heterocycles. The van der Waals surface area contributed by atoms with E-state index >= 15 is 0 Å². The van der Waals surface area contributed by atoms with Crippen LogP contribution in [-0.2, 0) is 4.79 Å². The Morgan fingerprint density at radius 1 is 1.19 bits per heavy atom. The molecule has 2 amide bonds. The molecule has 1 aliphatic rings. The van der Waals surface area contributed by atoms with E-state index in [1.807, 2.05) is 42.2 Å². The van der Waals surface area contributed by atoms with Crippen LogP contribution in [0.3, 0.4) is 0 Å². The van der Waals surface area contributed by atoms with Gasteiger partial charge in [0.2, 0.25) is 5.91 Å². The second-order valence-corrected chi connectivity index (χ2v) is 7.59. The van der Waals surface area contributed by atoms with Gasteiger partial charge in [-0.25, -0.2) is 0 Å². The van der Waals surface area contributed by atoms with Gasteiger partial charge in [-0.05, 0) is 37.0 Å². The first kappa shape index (κ1) is 22.3. The van der Waals surface area contributed by atoms with Crippen LogP contribution in [0.25, 0.3) is 0 Å². The molecule has 1 unspecified atom stereocenters. The maximum atomic E-state index is 13.0. The lowest BCUT2D eigenvalue weighted by molar-refractivity contribution is -0.385. The molecule has 2 aromatic rings. The number of rotatable bonds is 7. The van der Waals surface area contributed by atoms with Gasteiger partial charge < -0.3 is 15.0 Å².